The van der Waals surface area contributed by atoms with Crippen LogP contribution in [-0.2, 0) is 43.5 Å². The summed E-state index contributed by atoms with van der Waals surface area (Å²) in [6, 6.07) is 36.4. The van der Waals surface area contributed by atoms with Gasteiger partial charge >= 0.3 is 5.92 Å². The average Bonchev–Trinajstić information content (AvgIpc) is 1.54. The van der Waals surface area contributed by atoms with E-state index in [0.717, 1.165) is 127 Å². The molecule has 488 valence electrons. The number of anilines is 4. The average molecular weight is 1270 g/mol. The molecule has 5 atom stereocenters. The molecule has 4 amide bonds. The predicted molar refractivity (Wildman–Crippen MR) is 344 cm³/mol. The fraction of sp³-hybridized carbons (Fsp3) is 0.443. The monoisotopic (exact) mass is 1270 g/mol. The van der Waals surface area contributed by atoms with Crippen LogP contribution in [0.15, 0.2) is 121 Å². The zero-order valence-electron chi connectivity index (χ0n) is 51.4. The van der Waals surface area contributed by atoms with Crippen molar-refractivity contribution in [2.24, 2.45) is 40.4 Å². The molecule has 3 aliphatic heterocycles. The molecule has 5 aromatic carbocycles. The Morgan fingerprint density at radius 2 is 1.23 bits per heavy atom. The third-order valence-corrected chi connectivity index (χ3v) is 18.3. The molecule has 12 N–H and O–H groups in total. The summed E-state index contributed by atoms with van der Waals surface area (Å²) in [6.45, 7) is 2.23. The van der Waals surface area contributed by atoms with Crippen LogP contribution in [0.2, 0.25) is 0 Å². The highest BCUT2D eigenvalue weighted by Crippen LogP contribution is 2.70. The van der Waals surface area contributed by atoms with Gasteiger partial charge in [0.2, 0.25) is 17.7 Å². The van der Waals surface area contributed by atoms with E-state index < -0.39 is 49.3 Å². The second kappa shape index (κ2) is 28.9. The van der Waals surface area contributed by atoms with E-state index in [2.05, 4.69) is 62.2 Å². The first kappa shape index (κ1) is 65.5. The minimum absolute atomic E-state index is 0.0203. The molecular weight excluding hydrogens is 1180 g/mol. The lowest BCUT2D eigenvalue weighted by Crippen LogP contribution is -2.57. The Kier molecular flexibility index (Phi) is 20.6. The van der Waals surface area contributed by atoms with Crippen LogP contribution in [0.1, 0.15) is 87.3 Å². The number of carbonyl (C=O) groups is 4. The number of aliphatic hydroxyl groups is 3. The Morgan fingerprint density at radius 1 is 0.663 bits per heavy atom. The topological polar surface area (TPSA) is 290 Å². The Hall–Kier alpha value is -7.96. The molecule has 13 rings (SSSR count). The van der Waals surface area contributed by atoms with Crippen LogP contribution in [0.25, 0.3) is 33.5 Å². The van der Waals surface area contributed by atoms with Crippen LogP contribution in [0.3, 0.4) is 0 Å². The molecule has 1 spiro atoms. The van der Waals surface area contributed by atoms with E-state index in [1.807, 2.05) is 48.5 Å². The molecule has 1 aromatic heterocycles. The molecule has 4 heterocycles. The number of aromatic nitrogens is 1. The van der Waals surface area contributed by atoms with Gasteiger partial charge in [0.25, 0.3) is 5.91 Å². The molecule has 92 heavy (non-hydrogen) atoms. The number of hydrogen-bond acceptors (Lipinski definition) is 15. The number of ether oxygens (including phenoxy) is 3. The Balaban J connectivity index is 0.000000142. The van der Waals surface area contributed by atoms with Crippen LogP contribution in [0.4, 0.5) is 35.9 Å². The summed E-state index contributed by atoms with van der Waals surface area (Å²) in [5, 5.41) is 36.9. The lowest BCUT2D eigenvalue weighted by Gasteiger charge is -2.39. The van der Waals surface area contributed by atoms with Crippen LogP contribution in [0, 0.1) is 23.2 Å². The molecule has 7 fully saturated rings. The van der Waals surface area contributed by atoms with Crippen molar-refractivity contribution in [3.8, 4) is 45.0 Å². The standard InChI is InChI=1S/C24H28F2N4O5.C24H28N2O3.C22H26FN3O2/c25-24(26)13-30(23(34)19(32)12-31)8-6-21(24)35-20-4-3-15(9-16(20)11-27)18-10-17(5-7-28-18)29-22(33)14-1-2-14;25-15-18-12-17(4-5-22(18)29-20-6-10-28-11-7-20)16-2-1-3-19(13-16)26-23(27)21-14-24(21)8-9-24;23-20-12-19(20)22(28)25-17-3-1-2-14(11-17)15-4-5-21(16(10-15)13-24)26-8-6-18(27)7-9-26/h3-5,7,9-10,14,19,21,31-32H,1-2,6,8,11-13,27H2,(H,28,29,33);1-5,12-13,20-21H,6-11,14-15,25H2,(H,26,27);1-5,10-11,18-20,27H,6-9,12-13,24H2,(H,25,28)/t19-,21-;;19?,20-/m0.1/s1. The summed E-state index contributed by atoms with van der Waals surface area (Å²) >= 11 is 0. The van der Waals surface area contributed by atoms with Gasteiger partial charge in [-0.05, 0) is 163 Å². The van der Waals surface area contributed by atoms with Crippen molar-refractivity contribution >= 4 is 46.4 Å². The number of alkyl halides is 3. The normalized spacial score (nSPS) is 21.5. The molecule has 4 aliphatic carbocycles. The minimum atomic E-state index is -3.37. The van der Waals surface area contributed by atoms with E-state index in [1.54, 1.807) is 36.5 Å². The first-order valence-corrected chi connectivity index (χ1v) is 32.0. The molecule has 22 heteroatoms. The van der Waals surface area contributed by atoms with Gasteiger partial charge in [-0.25, -0.2) is 13.2 Å². The number of nitrogens with zero attached hydrogens (tertiary/aromatic N) is 3. The lowest BCUT2D eigenvalue weighted by molar-refractivity contribution is -0.167. The van der Waals surface area contributed by atoms with Gasteiger partial charge in [0.05, 0.1) is 44.1 Å². The highest BCUT2D eigenvalue weighted by molar-refractivity contribution is 5.97. The predicted octanol–water partition coefficient (Wildman–Crippen LogP) is 8.70. The quantitative estimate of drug-likeness (QED) is 0.0366. The van der Waals surface area contributed by atoms with E-state index in [9.17, 15) is 42.6 Å². The van der Waals surface area contributed by atoms with Crippen LogP contribution in [0.5, 0.6) is 11.5 Å². The lowest BCUT2D eigenvalue weighted by atomic mass is 9.99. The smallest absolute Gasteiger partial charge is 0.301 e. The van der Waals surface area contributed by atoms with Gasteiger partial charge in [0.15, 0.2) is 12.2 Å². The summed E-state index contributed by atoms with van der Waals surface area (Å²) in [5.41, 5.74) is 29.5. The van der Waals surface area contributed by atoms with E-state index in [0.29, 0.717) is 53.1 Å². The summed E-state index contributed by atoms with van der Waals surface area (Å²) < 4.78 is 59.9. The Morgan fingerprint density at radius 3 is 1.82 bits per heavy atom. The second-order valence-corrected chi connectivity index (χ2v) is 25.2. The number of pyridine rings is 1. The number of nitrogens with two attached hydrogens (primary N) is 3. The molecule has 19 nitrogen and oxygen atoms in total. The van der Waals surface area contributed by atoms with Gasteiger partial charge in [-0.15, -0.1) is 0 Å². The van der Waals surface area contributed by atoms with Crippen molar-refractivity contribution < 1.29 is 61.9 Å². The van der Waals surface area contributed by atoms with Gasteiger partial charge in [-0.1, -0.05) is 36.4 Å². The van der Waals surface area contributed by atoms with Crippen molar-refractivity contribution in [2.75, 3.05) is 66.8 Å². The number of piperidine rings is 2. The summed E-state index contributed by atoms with van der Waals surface area (Å²) in [5.74, 6) is -3.58. The number of hydrogen-bond donors (Lipinski definition) is 9. The van der Waals surface area contributed by atoms with Gasteiger partial charge in [-0.3, -0.25) is 24.2 Å². The number of likely N-dealkylation sites (tertiary alicyclic amines) is 1. The van der Waals surface area contributed by atoms with Crippen molar-refractivity contribution in [1.82, 2.24) is 9.88 Å². The highest BCUT2D eigenvalue weighted by atomic mass is 19.3. The van der Waals surface area contributed by atoms with Gasteiger partial charge < -0.3 is 72.5 Å². The number of aliphatic hydroxyl groups excluding tert-OH is 3. The van der Waals surface area contributed by atoms with Crippen LogP contribution in [-0.4, -0.2) is 131 Å². The number of nitrogens with one attached hydrogen (secondary N) is 3. The maximum Gasteiger partial charge on any atom is 0.301 e. The van der Waals surface area contributed by atoms with Crippen molar-refractivity contribution in [3.63, 3.8) is 0 Å². The second-order valence-electron chi connectivity index (χ2n) is 25.2. The first-order valence-electron chi connectivity index (χ1n) is 32.0. The Labute approximate surface area is 533 Å². The molecule has 6 aromatic rings. The molecule has 0 bridgehead atoms. The number of carbonyl (C=O) groups excluding carboxylic acids is 4. The molecule has 0 radical (unpaired) electrons. The third kappa shape index (κ3) is 16.3. The van der Waals surface area contributed by atoms with Crippen molar-refractivity contribution in [1.29, 1.82) is 0 Å². The minimum Gasteiger partial charge on any atom is -0.490 e. The van der Waals surface area contributed by atoms with Crippen LogP contribution >= 0.6 is 0 Å². The van der Waals surface area contributed by atoms with Crippen molar-refractivity contribution in [3.05, 3.63) is 138 Å². The fourth-order valence-electron chi connectivity index (χ4n) is 12.2. The van der Waals surface area contributed by atoms with E-state index in [4.69, 9.17) is 36.5 Å². The van der Waals surface area contributed by atoms with Crippen molar-refractivity contribution in [2.45, 2.75) is 127 Å². The summed E-state index contributed by atoms with van der Waals surface area (Å²) in [4.78, 5) is 55.9. The van der Waals surface area contributed by atoms with Gasteiger partial charge in [0.1, 0.15) is 23.8 Å². The van der Waals surface area contributed by atoms with E-state index >= 15 is 0 Å². The zero-order valence-corrected chi connectivity index (χ0v) is 51.4. The van der Waals surface area contributed by atoms with Gasteiger partial charge in [-0.2, -0.15) is 0 Å². The first-order chi connectivity index (χ1) is 44.4. The van der Waals surface area contributed by atoms with Gasteiger partial charge in [0, 0.05) is 116 Å². The number of rotatable bonds is 19. The number of benzene rings is 5. The molecule has 3 saturated heterocycles. The van der Waals surface area contributed by atoms with E-state index in [-0.39, 0.29) is 67.0 Å². The van der Waals surface area contributed by atoms with E-state index in [1.165, 1.54) is 12.8 Å². The number of amides is 4. The maximum atomic E-state index is 14.8. The van der Waals surface area contributed by atoms with Crippen LogP contribution < -0.4 is 47.5 Å². The molecule has 7 aliphatic rings. The summed E-state index contributed by atoms with van der Waals surface area (Å²) in [6.07, 6.45) is 6.15. The SMILES string of the molecule is NCc1cc(-c2cc(NC(=O)C3CC3)ccn2)ccc1O[C@H]1CCN(C(=O)[C@@H](O)CO)CC1(F)F.NCc1cc(-c2cccc(NC(=O)C3CC34CC4)c2)ccc1OC1CCOCC1.NCc1cc(-c2cccc(NC(=O)C3C[C@H]3F)c2)ccc1N1CCC(O)CC1. The maximum absolute atomic E-state index is 14.8. The highest BCUT2D eigenvalue weighted by Gasteiger charge is 2.65. The zero-order chi connectivity index (χ0) is 64.7. The Bertz CT molecular complexity index is 3610. The number of halogens is 3. The molecule has 2 unspecified atom stereocenters. The summed E-state index contributed by atoms with van der Waals surface area (Å²) in [7, 11) is 0. The fourth-order valence-corrected chi connectivity index (χ4v) is 12.2. The molecular formula is C70H82F3N9O10. The third-order valence-electron chi connectivity index (χ3n) is 18.3. The largest absolute Gasteiger partial charge is 0.490 e. The molecule has 4 saturated carbocycles.